The van der Waals surface area contributed by atoms with Crippen molar-refractivity contribution in [1.29, 1.82) is 0 Å². The molecule has 19 heavy (non-hydrogen) atoms. The molecule has 2 aromatic rings. The SMILES string of the molecule is C[C@@](C=O)(OC(=O)c1ccccc1)c1ccccc1. The van der Waals surface area contributed by atoms with Crippen LogP contribution in [0.1, 0.15) is 22.8 Å². The van der Waals surface area contributed by atoms with Crippen LogP contribution in [0.4, 0.5) is 0 Å². The molecule has 0 aliphatic carbocycles. The maximum atomic E-state index is 12.0. The van der Waals surface area contributed by atoms with E-state index in [-0.39, 0.29) is 0 Å². The summed E-state index contributed by atoms with van der Waals surface area (Å²) in [4.78, 5) is 23.3. The Bertz CT molecular complexity index is 563. The van der Waals surface area contributed by atoms with Gasteiger partial charge in [-0.2, -0.15) is 0 Å². The van der Waals surface area contributed by atoms with Crippen molar-refractivity contribution in [1.82, 2.24) is 0 Å². The van der Waals surface area contributed by atoms with Gasteiger partial charge in [0.05, 0.1) is 5.56 Å². The second-order valence-corrected chi connectivity index (χ2v) is 4.35. The number of carbonyl (C=O) groups excluding carboxylic acids is 2. The molecule has 3 nitrogen and oxygen atoms in total. The third-order valence-electron chi connectivity index (χ3n) is 2.89. The lowest BCUT2D eigenvalue weighted by Crippen LogP contribution is -2.30. The average molecular weight is 254 g/mol. The zero-order valence-corrected chi connectivity index (χ0v) is 10.6. The van der Waals surface area contributed by atoms with Crippen LogP contribution in [-0.2, 0) is 15.1 Å². The number of ether oxygens (including phenoxy) is 1. The predicted molar refractivity (Wildman–Crippen MR) is 71.7 cm³/mol. The van der Waals surface area contributed by atoms with Crippen LogP contribution in [0.25, 0.3) is 0 Å². The van der Waals surface area contributed by atoms with E-state index in [1.165, 1.54) is 0 Å². The standard InChI is InChI=1S/C16H14O3/c1-16(12-17,14-10-6-3-7-11-14)19-15(18)13-8-4-2-5-9-13/h2-12H,1H3/t16-/m0/s1. The molecule has 0 aromatic heterocycles. The van der Waals surface area contributed by atoms with E-state index in [0.717, 1.165) is 0 Å². The van der Waals surface area contributed by atoms with E-state index in [1.54, 1.807) is 55.5 Å². The first-order valence-corrected chi connectivity index (χ1v) is 5.96. The maximum absolute atomic E-state index is 12.0. The summed E-state index contributed by atoms with van der Waals surface area (Å²) in [7, 11) is 0. The molecule has 0 aliphatic rings. The molecule has 0 unspecified atom stereocenters. The van der Waals surface area contributed by atoms with Crippen molar-refractivity contribution < 1.29 is 14.3 Å². The van der Waals surface area contributed by atoms with Crippen molar-refractivity contribution in [3.8, 4) is 0 Å². The molecule has 2 rings (SSSR count). The fraction of sp³-hybridized carbons (Fsp3) is 0.125. The summed E-state index contributed by atoms with van der Waals surface area (Å²) in [5, 5.41) is 0. The molecule has 1 atom stereocenters. The van der Waals surface area contributed by atoms with Gasteiger partial charge in [0, 0.05) is 5.56 Å². The Kier molecular flexibility index (Phi) is 3.76. The van der Waals surface area contributed by atoms with Crippen molar-refractivity contribution in [3.05, 3.63) is 71.8 Å². The van der Waals surface area contributed by atoms with E-state index in [2.05, 4.69) is 0 Å². The Morgan fingerprint density at radius 2 is 1.53 bits per heavy atom. The molecular formula is C16H14O3. The molecular weight excluding hydrogens is 240 g/mol. The van der Waals surface area contributed by atoms with Crippen LogP contribution in [-0.4, -0.2) is 12.3 Å². The highest BCUT2D eigenvalue weighted by atomic mass is 16.6. The van der Waals surface area contributed by atoms with Gasteiger partial charge in [0.15, 0.2) is 11.9 Å². The third-order valence-corrected chi connectivity index (χ3v) is 2.89. The van der Waals surface area contributed by atoms with Gasteiger partial charge in [-0.25, -0.2) is 4.79 Å². The van der Waals surface area contributed by atoms with Crippen LogP contribution in [0.2, 0.25) is 0 Å². The van der Waals surface area contributed by atoms with E-state index >= 15 is 0 Å². The zero-order valence-electron chi connectivity index (χ0n) is 10.6. The summed E-state index contributed by atoms with van der Waals surface area (Å²) in [5.74, 6) is -0.515. The topological polar surface area (TPSA) is 43.4 Å². The molecule has 0 saturated heterocycles. The van der Waals surface area contributed by atoms with E-state index in [0.29, 0.717) is 17.4 Å². The number of benzene rings is 2. The van der Waals surface area contributed by atoms with Crippen molar-refractivity contribution in [2.75, 3.05) is 0 Å². The first-order chi connectivity index (χ1) is 9.15. The minimum atomic E-state index is -1.27. The van der Waals surface area contributed by atoms with Gasteiger partial charge in [0.25, 0.3) is 0 Å². The summed E-state index contributed by atoms with van der Waals surface area (Å²) in [6, 6.07) is 17.6. The monoisotopic (exact) mass is 254 g/mol. The predicted octanol–water partition coefficient (Wildman–Crippen LogP) is 2.96. The van der Waals surface area contributed by atoms with Gasteiger partial charge in [0.1, 0.15) is 0 Å². The normalized spacial score (nSPS) is 13.3. The molecule has 0 heterocycles. The van der Waals surface area contributed by atoms with Gasteiger partial charge in [-0.15, -0.1) is 0 Å². The lowest BCUT2D eigenvalue weighted by atomic mass is 9.97. The van der Waals surface area contributed by atoms with E-state index < -0.39 is 11.6 Å². The number of carbonyl (C=O) groups is 2. The Balaban J connectivity index is 2.25. The van der Waals surface area contributed by atoms with Gasteiger partial charge in [-0.05, 0) is 19.1 Å². The van der Waals surface area contributed by atoms with Crippen LogP contribution in [0, 0.1) is 0 Å². The molecule has 2 aromatic carbocycles. The molecule has 0 aliphatic heterocycles. The molecule has 0 N–H and O–H groups in total. The molecule has 0 fully saturated rings. The zero-order chi connectivity index (χ0) is 13.7. The molecule has 0 bridgehead atoms. The molecule has 96 valence electrons. The van der Waals surface area contributed by atoms with Gasteiger partial charge in [-0.3, -0.25) is 4.79 Å². The van der Waals surface area contributed by atoms with Gasteiger partial charge in [-0.1, -0.05) is 48.5 Å². The van der Waals surface area contributed by atoms with Crippen molar-refractivity contribution in [3.63, 3.8) is 0 Å². The average Bonchev–Trinajstić information content (AvgIpc) is 2.49. The number of hydrogen-bond donors (Lipinski definition) is 0. The van der Waals surface area contributed by atoms with E-state index in [4.69, 9.17) is 4.74 Å². The van der Waals surface area contributed by atoms with E-state index in [9.17, 15) is 9.59 Å². The second-order valence-electron chi connectivity index (χ2n) is 4.35. The largest absolute Gasteiger partial charge is 0.443 e. The Morgan fingerprint density at radius 3 is 2.05 bits per heavy atom. The van der Waals surface area contributed by atoms with Gasteiger partial charge < -0.3 is 4.74 Å². The van der Waals surface area contributed by atoms with Gasteiger partial charge >= 0.3 is 5.97 Å². The third kappa shape index (κ3) is 2.88. The van der Waals surface area contributed by atoms with Crippen molar-refractivity contribution >= 4 is 12.3 Å². The number of esters is 1. The molecule has 0 radical (unpaired) electrons. The summed E-state index contributed by atoms with van der Waals surface area (Å²) in [6.07, 6.45) is 0.642. The highest BCUT2D eigenvalue weighted by molar-refractivity contribution is 5.91. The number of aldehydes is 1. The fourth-order valence-corrected chi connectivity index (χ4v) is 1.75. The van der Waals surface area contributed by atoms with Crippen molar-refractivity contribution in [2.45, 2.75) is 12.5 Å². The second kappa shape index (κ2) is 5.48. The van der Waals surface area contributed by atoms with Crippen LogP contribution in [0.5, 0.6) is 0 Å². The Labute approximate surface area is 111 Å². The minimum absolute atomic E-state index is 0.423. The number of hydrogen-bond acceptors (Lipinski definition) is 3. The molecule has 0 spiro atoms. The van der Waals surface area contributed by atoms with E-state index in [1.807, 2.05) is 12.1 Å². The maximum Gasteiger partial charge on any atom is 0.339 e. The summed E-state index contributed by atoms with van der Waals surface area (Å²) >= 11 is 0. The molecule has 3 heteroatoms. The highest BCUT2D eigenvalue weighted by Crippen LogP contribution is 2.24. The number of rotatable bonds is 4. The van der Waals surface area contributed by atoms with Crippen LogP contribution in [0.15, 0.2) is 60.7 Å². The van der Waals surface area contributed by atoms with Crippen LogP contribution in [0.3, 0.4) is 0 Å². The summed E-state index contributed by atoms with van der Waals surface area (Å²) < 4.78 is 5.35. The van der Waals surface area contributed by atoms with Gasteiger partial charge in [0.2, 0.25) is 0 Å². The fourth-order valence-electron chi connectivity index (χ4n) is 1.75. The minimum Gasteiger partial charge on any atom is -0.443 e. The first-order valence-electron chi connectivity index (χ1n) is 5.96. The lowest BCUT2D eigenvalue weighted by molar-refractivity contribution is -0.124. The van der Waals surface area contributed by atoms with Crippen LogP contribution >= 0.6 is 0 Å². The van der Waals surface area contributed by atoms with Crippen molar-refractivity contribution in [2.24, 2.45) is 0 Å². The van der Waals surface area contributed by atoms with Crippen LogP contribution < -0.4 is 0 Å². The Hall–Kier alpha value is -2.42. The smallest absolute Gasteiger partial charge is 0.339 e. The summed E-state index contributed by atoms with van der Waals surface area (Å²) in [5.41, 5.74) is -0.199. The Morgan fingerprint density at radius 1 is 1.00 bits per heavy atom. The molecule has 0 amide bonds. The lowest BCUT2D eigenvalue weighted by Gasteiger charge is -2.24. The molecule has 0 saturated carbocycles. The quantitative estimate of drug-likeness (QED) is 0.622. The first kappa shape index (κ1) is 13.0. The summed E-state index contributed by atoms with van der Waals surface area (Å²) in [6.45, 7) is 1.58. The highest BCUT2D eigenvalue weighted by Gasteiger charge is 2.30.